The van der Waals surface area contributed by atoms with Gasteiger partial charge in [0.05, 0.1) is 21.3 Å². The minimum Gasteiger partial charge on any atom is -0.493 e. The smallest absolute Gasteiger partial charge is 0.203 e. The van der Waals surface area contributed by atoms with Crippen molar-refractivity contribution in [1.29, 1.82) is 0 Å². The van der Waals surface area contributed by atoms with Crippen molar-refractivity contribution in [1.82, 2.24) is 4.90 Å². The van der Waals surface area contributed by atoms with Crippen LogP contribution in [0.25, 0.3) is 0 Å². The predicted molar refractivity (Wildman–Crippen MR) is 124 cm³/mol. The molecule has 1 atom stereocenters. The lowest BCUT2D eigenvalue weighted by atomic mass is 10.0. The molecule has 172 valence electrons. The molecular formula is C24H34ClNO5. The van der Waals surface area contributed by atoms with Crippen LogP contribution in [0.4, 0.5) is 0 Å². The zero-order valence-electron chi connectivity index (χ0n) is 19.5. The molecule has 7 heteroatoms. The number of methoxy groups -OCH3 is 3. The SMILES string of the molecule is COc1ccc(CN(C)C[C@H](O)COc2cc(C)c(Cl)cc2C(C)C)c(OC)c1OC. The molecule has 6 nitrogen and oxygen atoms in total. The highest BCUT2D eigenvalue weighted by atomic mass is 35.5. The van der Waals surface area contributed by atoms with Gasteiger partial charge in [0, 0.05) is 23.7 Å². The van der Waals surface area contributed by atoms with Gasteiger partial charge in [0.25, 0.3) is 0 Å². The Bertz CT molecular complexity index is 872. The number of aliphatic hydroxyl groups is 1. The number of hydrogen-bond acceptors (Lipinski definition) is 6. The van der Waals surface area contributed by atoms with E-state index in [0.717, 1.165) is 27.5 Å². The van der Waals surface area contributed by atoms with Crippen LogP contribution in [0, 0.1) is 6.92 Å². The van der Waals surface area contributed by atoms with E-state index in [9.17, 15) is 5.11 Å². The average molecular weight is 452 g/mol. The number of benzene rings is 2. The minimum atomic E-state index is -0.660. The van der Waals surface area contributed by atoms with Crippen molar-refractivity contribution in [2.75, 3.05) is 41.5 Å². The zero-order valence-corrected chi connectivity index (χ0v) is 20.2. The van der Waals surface area contributed by atoms with Crippen LogP contribution in [-0.4, -0.2) is 57.6 Å². The molecule has 0 radical (unpaired) electrons. The number of aliphatic hydroxyl groups excluding tert-OH is 1. The van der Waals surface area contributed by atoms with Gasteiger partial charge in [-0.15, -0.1) is 0 Å². The zero-order chi connectivity index (χ0) is 23.1. The molecule has 0 heterocycles. The number of rotatable bonds is 11. The van der Waals surface area contributed by atoms with Crippen LogP contribution < -0.4 is 18.9 Å². The molecule has 0 aliphatic heterocycles. The fourth-order valence-corrected chi connectivity index (χ4v) is 3.66. The van der Waals surface area contributed by atoms with Crippen LogP contribution >= 0.6 is 11.6 Å². The third-order valence-corrected chi connectivity index (χ3v) is 5.50. The molecule has 2 aromatic carbocycles. The molecule has 31 heavy (non-hydrogen) atoms. The van der Waals surface area contributed by atoms with E-state index < -0.39 is 6.10 Å². The first kappa shape index (κ1) is 25.1. The lowest BCUT2D eigenvalue weighted by Gasteiger charge is -2.23. The van der Waals surface area contributed by atoms with Gasteiger partial charge in [0.15, 0.2) is 11.5 Å². The summed E-state index contributed by atoms with van der Waals surface area (Å²) in [5.41, 5.74) is 2.92. The van der Waals surface area contributed by atoms with Crippen molar-refractivity contribution in [3.8, 4) is 23.0 Å². The van der Waals surface area contributed by atoms with Crippen LogP contribution in [0.5, 0.6) is 23.0 Å². The van der Waals surface area contributed by atoms with E-state index in [2.05, 4.69) is 13.8 Å². The van der Waals surface area contributed by atoms with E-state index >= 15 is 0 Å². The summed E-state index contributed by atoms with van der Waals surface area (Å²) in [5, 5.41) is 11.3. The van der Waals surface area contributed by atoms with E-state index in [4.69, 9.17) is 30.5 Å². The van der Waals surface area contributed by atoms with E-state index in [-0.39, 0.29) is 12.5 Å². The first-order valence-electron chi connectivity index (χ1n) is 10.3. The maximum atomic E-state index is 10.6. The Morgan fingerprint density at radius 3 is 2.26 bits per heavy atom. The highest BCUT2D eigenvalue weighted by molar-refractivity contribution is 6.31. The van der Waals surface area contributed by atoms with Crippen molar-refractivity contribution in [3.63, 3.8) is 0 Å². The van der Waals surface area contributed by atoms with Crippen molar-refractivity contribution >= 4 is 11.6 Å². The topological polar surface area (TPSA) is 60.4 Å². The second kappa shape index (κ2) is 11.5. The lowest BCUT2D eigenvalue weighted by Crippen LogP contribution is -2.33. The summed E-state index contributed by atoms with van der Waals surface area (Å²) >= 11 is 6.27. The number of aryl methyl sites for hydroxylation is 1. The van der Waals surface area contributed by atoms with Gasteiger partial charge in [-0.1, -0.05) is 31.5 Å². The molecule has 0 saturated carbocycles. The van der Waals surface area contributed by atoms with Crippen molar-refractivity contribution < 1.29 is 24.1 Å². The van der Waals surface area contributed by atoms with Gasteiger partial charge in [-0.25, -0.2) is 0 Å². The van der Waals surface area contributed by atoms with Gasteiger partial charge < -0.3 is 24.1 Å². The molecule has 0 unspecified atom stereocenters. The molecule has 0 amide bonds. The fourth-order valence-electron chi connectivity index (χ4n) is 3.49. The third-order valence-electron chi connectivity index (χ3n) is 5.09. The summed E-state index contributed by atoms with van der Waals surface area (Å²) in [5.74, 6) is 2.82. The Kier molecular flexibility index (Phi) is 9.29. The summed E-state index contributed by atoms with van der Waals surface area (Å²) in [4.78, 5) is 2.01. The standard InChI is InChI=1S/C24H34ClNO5/c1-15(2)19-11-20(25)16(3)10-22(19)31-14-18(27)13-26(4)12-17-8-9-21(28-5)24(30-7)23(17)29-6/h8-11,15,18,27H,12-14H2,1-7H3/t18-/m0/s1. The normalized spacial score (nSPS) is 12.2. The number of nitrogens with zero attached hydrogens (tertiary/aromatic N) is 1. The van der Waals surface area contributed by atoms with Crippen LogP contribution in [0.1, 0.15) is 36.5 Å². The Morgan fingerprint density at radius 2 is 1.68 bits per heavy atom. The maximum Gasteiger partial charge on any atom is 0.203 e. The second-order valence-electron chi connectivity index (χ2n) is 7.95. The van der Waals surface area contributed by atoms with Gasteiger partial charge in [0.2, 0.25) is 5.75 Å². The highest BCUT2D eigenvalue weighted by Crippen LogP contribution is 2.40. The number of ether oxygens (including phenoxy) is 4. The summed E-state index contributed by atoms with van der Waals surface area (Å²) < 4.78 is 22.3. The van der Waals surface area contributed by atoms with Crippen molar-refractivity contribution in [3.05, 3.63) is 46.0 Å². The monoisotopic (exact) mass is 451 g/mol. The average Bonchev–Trinajstić information content (AvgIpc) is 2.73. The molecular weight excluding hydrogens is 418 g/mol. The van der Waals surface area contributed by atoms with E-state index in [1.165, 1.54) is 0 Å². The number of hydrogen-bond donors (Lipinski definition) is 1. The number of halogens is 1. The molecule has 0 spiro atoms. The van der Waals surface area contributed by atoms with E-state index in [0.29, 0.717) is 30.3 Å². The molecule has 2 rings (SSSR count). The van der Waals surface area contributed by atoms with Crippen molar-refractivity contribution in [2.24, 2.45) is 0 Å². The Morgan fingerprint density at radius 1 is 1.00 bits per heavy atom. The van der Waals surface area contributed by atoms with Crippen LogP contribution in [-0.2, 0) is 6.54 Å². The summed E-state index contributed by atoms with van der Waals surface area (Å²) in [6.45, 7) is 7.32. The Balaban J connectivity index is 2.03. The third kappa shape index (κ3) is 6.42. The Hall–Kier alpha value is -2.15. The molecule has 0 bridgehead atoms. The predicted octanol–water partition coefficient (Wildman–Crippen LogP) is 4.67. The molecule has 0 saturated heterocycles. The summed E-state index contributed by atoms with van der Waals surface area (Å²) in [6, 6.07) is 7.66. The maximum absolute atomic E-state index is 10.6. The molecule has 0 aliphatic carbocycles. The summed E-state index contributed by atoms with van der Waals surface area (Å²) in [7, 11) is 6.71. The first-order valence-corrected chi connectivity index (χ1v) is 10.7. The first-order chi connectivity index (χ1) is 14.7. The largest absolute Gasteiger partial charge is 0.493 e. The highest BCUT2D eigenvalue weighted by Gasteiger charge is 2.19. The number of likely N-dealkylation sites (N-methyl/N-ethyl adjacent to an activating group) is 1. The molecule has 2 aromatic rings. The van der Waals surface area contributed by atoms with Crippen LogP contribution in [0.3, 0.4) is 0 Å². The van der Waals surface area contributed by atoms with Gasteiger partial charge in [0.1, 0.15) is 18.5 Å². The fraction of sp³-hybridized carbons (Fsp3) is 0.500. The molecule has 0 aliphatic rings. The summed E-state index contributed by atoms with van der Waals surface area (Å²) in [6.07, 6.45) is -0.660. The van der Waals surface area contributed by atoms with E-state index in [1.807, 2.05) is 43.1 Å². The quantitative estimate of drug-likeness (QED) is 0.535. The van der Waals surface area contributed by atoms with E-state index in [1.54, 1.807) is 21.3 Å². The van der Waals surface area contributed by atoms with Gasteiger partial charge in [-0.2, -0.15) is 0 Å². The van der Waals surface area contributed by atoms with Gasteiger partial charge in [-0.3, -0.25) is 4.90 Å². The van der Waals surface area contributed by atoms with Crippen LogP contribution in [0.2, 0.25) is 5.02 Å². The lowest BCUT2D eigenvalue weighted by molar-refractivity contribution is 0.0736. The van der Waals surface area contributed by atoms with Gasteiger partial charge >= 0.3 is 0 Å². The minimum absolute atomic E-state index is 0.189. The second-order valence-corrected chi connectivity index (χ2v) is 8.36. The van der Waals surface area contributed by atoms with Gasteiger partial charge in [-0.05, 0) is 49.2 Å². The van der Waals surface area contributed by atoms with Crippen molar-refractivity contribution in [2.45, 2.75) is 39.3 Å². The molecule has 1 N–H and O–H groups in total. The Labute approximate surface area is 190 Å². The van der Waals surface area contributed by atoms with Crippen LogP contribution in [0.15, 0.2) is 24.3 Å². The molecule has 0 aromatic heterocycles. The molecule has 0 fully saturated rings.